The molecule has 0 atom stereocenters. The fourth-order valence-corrected chi connectivity index (χ4v) is 1.74. The Balaban J connectivity index is 1.90. The third kappa shape index (κ3) is 1.76. The number of anilines is 1. The van der Waals surface area contributed by atoms with E-state index < -0.39 is 0 Å². The maximum atomic E-state index is 3.89. The van der Waals surface area contributed by atoms with E-state index in [1.165, 1.54) is 18.5 Å². The molecular weight excluding hydrogens is 202 g/mol. The maximum absolute atomic E-state index is 3.89. The van der Waals surface area contributed by atoms with Gasteiger partial charge in [-0.1, -0.05) is 0 Å². The van der Waals surface area contributed by atoms with Gasteiger partial charge in [-0.2, -0.15) is 0 Å². The van der Waals surface area contributed by atoms with Crippen LogP contribution in [0.2, 0.25) is 0 Å². The molecule has 3 rings (SSSR count). The second kappa shape index (κ2) is 3.59. The highest BCUT2D eigenvalue weighted by molar-refractivity contribution is 5.54. The molecular formula is C11H13N5. The smallest absolute Gasteiger partial charge is 0.143 e. The van der Waals surface area contributed by atoms with Crippen LogP contribution in [-0.2, 0) is 0 Å². The van der Waals surface area contributed by atoms with Crippen molar-refractivity contribution in [2.75, 3.05) is 5.32 Å². The average Bonchev–Trinajstić information content (AvgIpc) is 2.92. The Labute approximate surface area is 93.5 Å². The van der Waals surface area contributed by atoms with E-state index in [9.17, 15) is 0 Å². The van der Waals surface area contributed by atoms with Gasteiger partial charge in [0.25, 0.3) is 0 Å². The van der Waals surface area contributed by atoms with Crippen LogP contribution >= 0.6 is 0 Å². The summed E-state index contributed by atoms with van der Waals surface area (Å²) in [6.07, 6.45) is 4.18. The van der Waals surface area contributed by atoms with E-state index in [1.807, 2.05) is 6.07 Å². The van der Waals surface area contributed by atoms with Gasteiger partial charge in [0, 0.05) is 11.7 Å². The van der Waals surface area contributed by atoms with Crippen molar-refractivity contribution in [2.24, 2.45) is 0 Å². The Morgan fingerprint density at radius 2 is 2.25 bits per heavy atom. The lowest BCUT2D eigenvalue weighted by molar-refractivity contribution is 0.785. The average molecular weight is 215 g/mol. The van der Waals surface area contributed by atoms with Crippen molar-refractivity contribution < 1.29 is 0 Å². The molecule has 5 nitrogen and oxygen atoms in total. The van der Waals surface area contributed by atoms with Gasteiger partial charge in [-0.3, -0.25) is 0 Å². The Bertz CT molecular complexity index is 487. The second-order valence-corrected chi connectivity index (χ2v) is 4.17. The van der Waals surface area contributed by atoms with Crippen molar-refractivity contribution in [3.05, 3.63) is 30.1 Å². The number of aryl methyl sites for hydroxylation is 1. The third-order valence-corrected chi connectivity index (χ3v) is 2.74. The first-order valence-corrected chi connectivity index (χ1v) is 5.43. The van der Waals surface area contributed by atoms with Crippen LogP contribution in [0.25, 0.3) is 5.69 Å². The minimum absolute atomic E-state index is 0.679. The number of nitrogens with one attached hydrogen (secondary N) is 1. The Morgan fingerprint density at radius 3 is 2.88 bits per heavy atom. The normalized spacial score (nSPS) is 15.1. The number of hydrogen-bond acceptors (Lipinski definition) is 4. The first-order valence-electron chi connectivity index (χ1n) is 5.43. The molecule has 16 heavy (non-hydrogen) atoms. The van der Waals surface area contributed by atoms with Gasteiger partial charge in [0.05, 0.1) is 5.69 Å². The van der Waals surface area contributed by atoms with Crippen molar-refractivity contribution in [1.82, 2.24) is 20.2 Å². The van der Waals surface area contributed by atoms with Crippen LogP contribution in [0.5, 0.6) is 0 Å². The molecule has 1 aliphatic carbocycles. The van der Waals surface area contributed by atoms with Crippen LogP contribution in [0, 0.1) is 6.92 Å². The molecule has 0 aliphatic heterocycles. The molecule has 5 heteroatoms. The number of rotatable bonds is 3. The van der Waals surface area contributed by atoms with Gasteiger partial charge >= 0.3 is 0 Å². The van der Waals surface area contributed by atoms with Crippen molar-refractivity contribution >= 4 is 5.69 Å². The lowest BCUT2D eigenvalue weighted by Crippen LogP contribution is -2.03. The molecule has 0 amide bonds. The first kappa shape index (κ1) is 9.33. The molecule has 1 N–H and O–H groups in total. The molecule has 1 saturated carbocycles. The van der Waals surface area contributed by atoms with E-state index in [0.717, 1.165) is 11.3 Å². The zero-order chi connectivity index (χ0) is 11.0. The van der Waals surface area contributed by atoms with Crippen molar-refractivity contribution in [2.45, 2.75) is 25.8 Å². The second-order valence-electron chi connectivity index (χ2n) is 4.17. The number of hydrogen-bond donors (Lipinski definition) is 1. The molecule has 2 aromatic rings. The van der Waals surface area contributed by atoms with Gasteiger partial charge in [0.1, 0.15) is 6.33 Å². The summed E-state index contributed by atoms with van der Waals surface area (Å²) in [5, 5.41) is 14.6. The van der Waals surface area contributed by atoms with Gasteiger partial charge < -0.3 is 5.32 Å². The van der Waals surface area contributed by atoms with E-state index in [1.54, 1.807) is 11.0 Å². The van der Waals surface area contributed by atoms with E-state index in [0.29, 0.717) is 6.04 Å². The highest BCUT2D eigenvalue weighted by atomic mass is 15.5. The first-order chi connectivity index (χ1) is 7.83. The van der Waals surface area contributed by atoms with Crippen molar-refractivity contribution in [3.63, 3.8) is 0 Å². The highest BCUT2D eigenvalue weighted by Gasteiger charge is 2.20. The summed E-state index contributed by atoms with van der Waals surface area (Å²) in [5.41, 5.74) is 3.36. The molecule has 1 heterocycles. The fraction of sp³-hybridized carbons (Fsp3) is 0.364. The summed E-state index contributed by atoms with van der Waals surface area (Å²) < 4.78 is 1.68. The van der Waals surface area contributed by atoms with Gasteiger partial charge in [-0.25, -0.2) is 4.68 Å². The van der Waals surface area contributed by atoms with E-state index in [2.05, 4.69) is 39.9 Å². The van der Waals surface area contributed by atoms with E-state index in [-0.39, 0.29) is 0 Å². The van der Waals surface area contributed by atoms with Gasteiger partial charge in [-0.05, 0) is 54.0 Å². The lowest BCUT2D eigenvalue weighted by Gasteiger charge is -2.08. The van der Waals surface area contributed by atoms with Gasteiger partial charge in [-0.15, -0.1) is 5.10 Å². The number of benzene rings is 1. The predicted octanol–water partition coefficient (Wildman–Crippen LogP) is 1.55. The molecule has 1 aromatic carbocycles. The molecule has 0 unspecified atom stereocenters. The number of tetrazole rings is 1. The molecule has 1 fully saturated rings. The highest BCUT2D eigenvalue weighted by Crippen LogP contribution is 2.26. The summed E-state index contributed by atoms with van der Waals surface area (Å²) in [4.78, 5) is 0. The predicted molar refractivity (Wildman–Crippen MR) is 60.5 cm³/mol. The topological polar surface area (TPSA) is 55.6 Å². The van der Waals surface area contributed by atoms with Crippen LogP contribution in [0.15, 0.2) is 24.5 Å². The van der Waals surface area contributed by atoms with Crippen LogP contribution in [-0.4, -0.2) is 26.2 Å². The molecule has 1 aromatic heterocycles. The van der Waals surface area contributed by atoms with Crippen molar-refractivity contribution in [1.29, 1.82) is 0 Å². The molecule has 0 radical (unpaired) electrons. The van der Waals surface area contributed by atoms with Crippen LogP contribution in [0.3, 0.4) is 0 Å². The van der Waals surface area contributed by atoms with Crippen LogP contribution in [0.4, 0.5) is 5.69 Å². The SMILES string of the molecule is Cc1cc(NC2CC2)ccc1-n1cnnn1. The summed E-state index contributed by atoms with van der Waals surface area (Å²) in [5.74, 6) is 0. The van der Waals surface area contributed by atoms with Crippen LogP contribution < -0.4 is 5.32 Å². The quantitative estimate of drug-likeness (QED) is 0.843. The van der Waals surface area contributed by atoms with E-state index >= 15 is 0 Å². The van der Waals surface area contributed by atoms with Crippen LogP contribution in [0.1, 0.15) is 18.4 Å². The molecule has 0 saturated heterocycles. The summed E-state index contributed by atoms with van der Waals surface area (Å²) in [6, 6.07) is 6.92. The largest absolute Gasteiger partial charge is 0.382 e. The molecule has 82 valence electrons. The zero-order valence-corrected chi connectivity index (χ0v) is 9.09. The fourth-order valence-electron chi connectivity index (χ4n) is 1.74. The zero-order valence-electron chi connectivity index (χ0n) is 9.09. The summed E-state index contributed by atoms with van der Waals surface area (Å²) in [7, 11) is 0. The standard InChI is InChI=1S/C11H13N5/c1-8-6-10(13-9-2-3-9)4-5-11(8)16-7-12-14-15-16/h4-7,9,13H,2-3H2,1H3. The Kier molecular flexibility index (Phi) is 2.09. The minimum Gasteiger partial charge on any atom is -0.382 e. The molecule has 1 aliphatic rings. The third-order valence-electron chi connectivity index (χ3n) is 2.74. The van der Waals surface area contributed by atoms with E-state index in [4.69, 9.17) is 0 Å². The lowest BCUT2D eigenvalue weighted by atomic mass is 10.2. The minimum atomic E-state index is 0.679. The Morgan fingerprint density at radius 1 is 1.38 bits per heavy atom. The summed E-state index contributed by atoms with van der Waals surface area (Å²) in [6.45, 7) is 2.06. The maximum Gasteiger partial charge on any atom is 0.143 e. The number of aromatic nitrogens is 4. The van der Waals surface area contributed by atoms with Gasteiger partial charge in [0.2, 0.25) is 0 Å². The van der Waals surface area contributed by atoms with Gasteiger partial charge in [0.15, 0.2) is 0 Å². The number of nitrogens with zero attached hydrogens (tertiary/aromatic N) is 4. The summed E-state index contributed by atoms with van der Waals surface area (Å²) >= 11 is 0. The monoisotopic (exact) mass is 215 g/mol. The molecule has 0 spiro atoms. The van der Waals surface area contributed by atoms with Crippen molar-refractivity contribution in [3.8, 4) is 5.69 Å². The Hall–Kier alpha value is -1.91. The molecule has 0 bridgehead atoms.